The first-order chi connectivity index (χ1) is 15.6. The second-order valence-electron chi connectivity index (χ2n) is 7.11. The van der Waals surface area contributed by atoms with Gasteiger partial charge in [0, 0.05) is 46.8 Å². The van der Waals surface area contributed by atoms with Crippen LogP contribution in [0.4, 0.5) is 11.1 Å². The number of carbonyl (C=O) groups is 1. The SMILES string of the molecule is CCCC(=O)Cc1ccc(Sc2nc(Nc3ncc(C)s3)nc(-c3ccncc3)n2)cc1. The number of anilines is 2. The first-order valence-corrected chi connectivity index (χ1v) is 11.9. The third-order valence-electron chi connectivity index (χ3n) is 4.46. The number of hydrogen-bond acceptors (Lipinski definition) is 9. The van der Waals surface area contributed by atoms with E-state index in [-0.39, 0.29) is 5.78 Å². The number of rotatable bonds is 9. The molecule has 1 N–H and O–H groups in total. The number of benzene rings is 1. The van der Waals surface area contributed by atoms with Gasteiger partial charge in [0.1, 0.15) is 5.78 Å². The Kier molecular flexibility index (Phi) is 7.18. The first-order valence-electron chi connectivity index (χ1n) is 10.2. The number of nitrogens with zero attached hydrogens (tertiary/aromatic N) is 5. The average Bonchev–Trinajstić information content (AvgIpc) is 3.20. The first kappa shape index (κ1) is 22.0. The molecule has 0 amide bonds. The molecule has 162 valence electrons. The molecule has 0 aliphatic rings. The summed E-state index contributed by atoms with van der Waals surface area (Å²) in [5.41, 5.74) is 1.87. The van der Waals surface area contributed by atoms with Gasteiger partial charge in [-0.05, 0) is 54.9 Å². The molecule has 0 radical (unpaired) electrons. The molecule has 0 fully saturated rings. The number of nitrogens with one attached hydrogen (secondary N) is 1. The topological polar surface area (TPSA) is 93.6 Å². The fourth-order valence-electron chi connectivity index (χ4n) is 2.97. The predicted molar refractivity (Wildman–Crippen MR) is 127 cm³/mol. The summed E-state index contributed by atoms with van der Waals surface area (Å²) >= 11 is 2.98. The Morgan fingerprint density at radius 2 is 1.84 bits per heavy atom. The van der Waals surface area contributed by atoms with Crippen LogP contribution in [-0.4, -0.2) is 30.7 Å². The molecule has 3 aromatic heterocycles. The van der Waals surface area contributed by atoms with Gasteiger partial charge >= 0.3 is 0 Å². The lowest BCUT2D eigenvalue weighted by Gasteiger charge is -2.08. The number of thiazole rings is 1. The van der Waals surface area contributed by atoms with Crippen molar-refractivity contribution in [3.05, 3.63) is 65.4 Å². The number of carbonyl (C=O) groups excluding carboxylic acids is 1. The van der Waals surface area contributed by atoms with Crippen molar-refractivity contribution >= 4 is 40.0 Å². The van der Waals surface area contributed by atoms with Gasteiger partial charge in [-0.1, -0.05) is 19.1 Å². The number of ketones is 1. The van der Waals surface area contributed by atoms with Crippen molar-refractivity contribution in [1.29, 1.82) is 0 Å². The highest BCUT2D eigenvalue weighted by atomic mass is 32.2. The lowest BCUT2D eigenvalue weighted by molar-refractivity contribution is -0.118. The molecule has 0 atom stereocenters. The van der Waals surface area contributed by atoms with Crippen molar-refractivity contribution < 1.29 is 4.79 Å². The Morgan fingerprint density at radius 1 is 1.06 bits per heavy atom. The molecular formula is C23H22N6OS2. The fourth-order valence-corrected chi connectivity index (χ4v) is 4.38. The molecule has 1 aromatic carbocycles. The van der Waals surface area contributed by atoms with Crippen molar-refractivity contribution in [3.63, 3.8) is 0 Å². The smallest absolute Gasteiger partial charge is 0.233 e. The Labute approximate surface area is 194 Å². The molecule has 9 heteroatoms. The van der Waals surface area contributed by atoms with Crippen LogP contribution in [0.5, 0.6) is 0 Å². The summed E-state index contributed by atoms with van der Waals surface area (Å²) in [7, 11) is 0. The highest BCUT2D eigenvalue weighted by molar-refractivity contribution is 7.99. The Hall–Kier alpha value is -3.17. The van der Waals surface area contributed by atoms with E-state index in [0.717, 1.165) is 32.5 Å². The van der Waals surface area contributed by atoms with Gasteiger partial charge in [0.05, 0.1) is 0 Å². The van der Waals surface area contributed by atoms with Crippen LogP contribution >= 0.6 is 23.1 Å². The minimum Gasteiger partial charge on any atom is -0.300 e. The zero-order chi connectivity index (χ0) is 22.3. The van der Waals surface area contributed by atoms with Gasteiger partial charge < -0.3 is 0 Å². The molecule has 0 spiro atoms. The van der Waals surface area contributed by atoms with Crippen LogP contribution in [0.2, 0.25) is 0 Å². The third-order valence-corrected chi connectivity index (χ3v) is 6.16. The minimum absolute atomic E-state index is 0.264. The van der Waals surface area contributed by atoms with Crippen molar-refractivity contribution in [2.45, 2.75) is 43.2 Å². The Balaban J connectivity index is 1.58. The summed E-state index contributed by atoms with van der Waals surface area (Å²) in [4.78, 5) is 36.2. The second kappa shape index (κ2) is 10.4. The lowest BCUT2D eigenvalue weighted by atomic mass is 10.1. The van der Waals surface area contributed by atoms with E-state index >= 15 is 0 Å². The summed E-state index contributed by atoms with van der Waals surface area (Å²) < 4.78 is 0. The summed E-state index contributed by atoms with van der Waals surface area (Å²) in [6.07, 6.45) is 7.19. The van der Waals surface area contributed by atoms with E-state index in [1.165, 1.54) is 23.1 Å². The summed E-state index contributed by atoms with van der Waals surface area (Å²) in [6, 6.07) is 11.7. The molecule has 3 heterocycles. The Morgan fingerprint density at radius 3 is 2.53 bits per heavy atom. The maximum Gasteiger partial charge on any atom is 0.233 e. The fraction of sp³-hybridized carbons (Fsp3) is 0.217. The third kappa shape index (κ3) is 5.95. The van der Waals surface area contributed by atoms with Gasteiger partial charge in [0.15, 0.2) is 16.1 Å². The van der Waals surface area contributed by atoms with Crippen molar-refractivity contribution in [1.82, 2.24) is 24.9 Å². The van der Waals surface area contributed by atoms with Crippen LogP contribution in [-0.2, 0) is 11.2 Å². The monoisotopic (exact) mass is 462 g/mol. The molecule has 7 nitrogen and oxygen atoms in total. The van der Waals surface area contributed by atoms with Gasteiger partial charge in [-0.2, -0.15) is 9.97 Å². The summed E-state index contributed by atoms with van der Waals surface area (Å²) in [5.74, 6) is 1.26. The van der Waals surface area contributed by atoms with E-state index in [9.17, 15) is 4.79 Å². The van der Waals surface area contributed by atoms with E-state index in [0.29, 0.717) is 29.8 Å². The zero-order valence-electron chi connectivity index (χ0n) is 17.8. The van der Waals surface area contributed by atoms with Gasteiger partial charge in [-0.15, -0.1) is 11.3 Å². The van der Waals surface area contributed by atoms with E-state index in [1.54, 1.807) is 18.6 Å². The van der Waals surface area contributed by atoms with Gasteiger partial charge in [0.25, 0.3) is 0 Å². The number of pyridine rings is 1. The largest absolute Gasteiger partial charge is 0.300 e. The van der Waals surface area contributed by atoms with Crippen LogP contribution in [0.25, 0.3) is 11.4 Å². The molecular weight excluding hydrogens is 440 g/mol. The maximum atomic E-state index is 11.9. The van der Waals surface area contributed by atoms with Crippen molar-refractivity contribution in [2.75, 3.05) is 5.32 Å². The molecule has 0 bridgehead atoms. The highest BCUT2D eigenvalue weighted by Gasteiger charge is 2.12. The lowest BCUT2D eigenvalue weighted by Crippen LogP contribution is -2.03. The molecule has 0 aliphatic carbocycles. The molecule has 4 aromatic rings. The maximum absolute atomic E-state index is 11.9. The zero-order valence-corrected chi connectivity index (χ0v) is 19.4. The second-order valence-corrected chi connectivity index (χ2v) is 9.39. The summed E-state index contributed by atoms with van der Waals surface area (Å²) in [5, 5.41) is 4.48. The van der Waals surface area contributed by atoms with Gasteiger partial charge in [-0.3, -0.25) is 15.1 Å². The minimum atomic E-state index is 0.264. The number of aryl methyl sites for hydroxylation is 1. The van der Waals surface area contributed by atoms with Gasteiger partial charge in [-0.25, -0.2) is 9.97 Å². The van der Waals surface area contributed by atoms with E-state index in [4.69, 9.17) is 0 Å². The molecule has 32 heavy (non-hydrogen) atoms. The van der Waals surface area contributed by atoms with E-state index in [1.807, 2.05) is 50.2 Å². The van der Waals surface area contributed by atoms with Crippen LogP contribution in [0, 0.1) is 6.92 Å². The molecule has 0 saturated heterocycles. The Bertz CT molecular complexity index is 1190. The molecule has 0 saturated carbocycles. The number of hydrogen-bond donors (Lipinski definition) is 1. The number of Topliss-reactive ketones (excluding diaryl/α,β-unsaturated/α-hetero) is 1. The van der Waals surface area contributed by atoms with Gasteiger partial charge in [0.2, 0.25) is 5.95 Å². The predicted octanol–water partition coefficient (Wildman–Crippen LogP) is 5.51. The molecule has 0 unspecified atom stereocenters. The van der Waals surface area contributed by atoms with Crippen LogP contribution < -0.4 is 5.32 Å². The standard InChI is InChI=1S/C23H22N6OS2/c1-3-4-18(30)13-16-5-7-19(8-6-16)32-23-27-20(17-9-11-24-12-10-17)26-21(29-23)28-22-25-14-15(2)31-22/h5-12,14H,3-4,13H2,1-2H3,(H,25,26,27,28,29). The molecule has 0 aliphatic heterocycles. The van der Waals surface area contributed by atoms with E-state index < -0.39 is 0 Å². The quantitative estimate of drug-likeness (QED) is 0.348. The normalized spacial score (nSPS) is 10.8. The van der Waals surface area contributed by atoms with Crippen molar-refractivity contribution in [2.24, 2.45) is 0 Å². The van der Waals surface area contributed by atoms with E-state index in [2.05, 4.69) is 30.2 Å². The van der Waals surface area contributed by atoms with Crippen LogP contribution in [0.15, 0.2) is 65.0 Å². The highest BCUT2D eigenvalue weighted by Crippen LogP contribution is 2.29. The molecule has 4 rings (SSSR count). The average molecular weight is 463 g/mol. The van der Waals surface area contributed by atoms with Crippen LogP contribution in [0.1, 0.15) is 30.2 Å². The van der Waals surface area contributed by atoms with Crippen molar-refractivity contribution in [3.8, 4) is 11.4 Å². The van der Waals surface area contributed by atoms with Crippen LogP contribution in [0.3, 0.4) is 0 Å². The summed E-state index contributed by atoms with van der Waals surface area (Å²) in [6.45, 7) is 4.02. The number of aromatic nitrogens is 5.